The first kappa shape index (κ1) is 17.8. The van der Waals surface area contributed by atoms with Gasteiger partial charge in [-0.15, -0.1) is 0 Å². The largest absolute Gasteiger partial charge is 0.493 e. The van der Waals surface area contributed by atoms with Crippen LogP contribution in [0.5, 0.6) is 11.5 Å². The first-order chi connectivity index (χ1) is 10.4. The summed E-state index contributed by atoms with van der Waals surface area (Å²) >= 11 is 0. The Labute approximate surface area is 130 Å². The summed E-state index contributed by atoms with van der Waals surface area (Å²) in [5, 5.41) is 11.6. The fourth-order valence-electron chi connectivity index (χ4n) is 2.05. The van der Waals surface area contributed by atoms with E-state index in [1.54, 1.807) is 34.1 Å². The number of hydrogen-bond donors (Lipinski definition) is 2. The molecule has 1 aromatic carbocycles. The van der Waals surface area contributed by atoms with Crippen LogP contribution in [0.3, 0.4) is 0 Å². The van der Waals surface area contributed by atoms with Crippen LogP contribution in [0.2, 0.25) is 0 Å². The number of rotatable bonds is 8. The molecule has 0 radical (unpaired) electrons. The van der Waals surface area contributed by atoms with Gasteiger partial charge in [0.15, 0.2) is 11.5 Å². The van der Waals surface area contributed by atoms with Crippen molar-refractivity contribution in [3.05, 3.63) is 23.8 Å². The van der Waals surface area contributed by atoms with E-state index in [-0.39, 0.29) is 18.2 Å². The molecule has 1 unspecified atom stereocenters. The SMILES string of the molecule is COc1ccc(CCC(=O)NC(C(=O)O)C(C)C)cc1OC. The molecule has 6 heteroatoms. The van der Waals surface area contributed by atoms with Crippen molar-refractivity contribution in [1.82, 2.24) is 5.32 Å². The topological polar surface area (TPSA) is 84.9 Å². The number of aryl methyl sites for hydroxylation is 1. The number of benzene rings is 1. The minimum absolute atomic E-state index is 0.164. The second-order valence-electron chi connectivity index (χ2n) is 5.32. The molecule has 0 bridgehead atoms. The van der Waals surface area contributed by atoms with Gasteiger partial charge in [-0.25, -0.2) is 4.79 Å². The van der Waals surface area contributed by atoms with Crippen LogP contribution in [0.25, 0.3) is 0 Å². The summed E-state index contributed by atoms with van der Waals surface area (Å²) in [5.74, 6) is -0.236. The van der Waals surface area contributed by atoms with Crippen LogP contribution in [0, 0.1) is 5.92 Å². The molecule has 0 aliphatic rings. The highest BCUT2D eigenvalue weighted by molar-refractivity contribution is 5.83. The smallest absolute Gasteiger partial charge is 0.326 e. The number of carbonyl (C=O) groups excluding carboxylic acids is 1. The van der Waals surface area contributed by atoms with Crippen LogP contribution in [0.15, 0.2) is 18.2 Å². The van der Waals surface area contributed by atoms with Gasteiger partial charge in [-0.3, -0.25) is 4.79 Å². The molecule has 6 nitrogen and oxygen atoms in total. The molecule has 0 aromatic heterocycles. The third-order valence-corrected chi connectivity index (χ3v) is 3.34. The highest BCUT2D eigenvalue weighted by Gasteiger charge is 2.23. The quantitative estimate of drug-likeness (QED) is 0.765. The molecule has 122 valence electrons. The fraction of sp³-hybridized carbons (Fsp3) is 0.500. The van der Waals surface area contributed by atoms with Crippen molar-refractivity contribution in [1.29, 1.82) is 0 Å². The monoisotopic (exact) mass is 309 g/mol. The summed E-state index contributed by atoms with van der Waals surface area (Å²) in [6, 6.07) is 4.58. The zero-order chi connectivity index (χ0) is 16.7. The molecule has 1 rings (SSSR count). The standard InChI is InChI=1S/C16H23NO5/c1-10(2)15(16(19)20)17-14(18)8-6-11-5-7-12(21-3)13(9-11)22-4/h5,7,9-10,15H,6,8H2,1-4H3,(H,17,18)(H,19,20). The van der Waals surface area contributed by atoms with Gasteiger partial charge in [0.25, 0.3) is 0 Å². The van der Waals surface area contributed by atoms with E-state index in [9.17, 15) is 9.59 Å². The van der Waals surface area contributed by atoms with Crippen molar-refractivity contribution in [2.45, 2.75) is 32.7 Å². The van der Waals surface area contributed by atoms with Crippen molar-refractivity contribution in [2.75, 3.05) is 14.2 Å². The van der Waals surface area contributed by atoms with Crippen LogP contribution >= 0.6 is 0 Å². The summed E-state index contributed by atoms with van der Waals surface area (Å²) in [5.41, 5.74) is 0.921. The molecule has 22 heavy (non-hydrogen) atoms. The van der Waals surface area contributed by atoms with Gasteiger partial charge in [-0.1, -0.05) is 19.9 Å². The van der Waals surface area contributed by atoms with Gasteiger partial charge >= 0.3 is 5.97 Å². The minimum Gasteiger partial charge on any atom is -0.493 e. The van der Waals surface area contributed by atoms with Gasteiger partial charge in [0, 0.05) is 6.42 Å². The number of carboxylic acid groups (broad SMARTS) is 1. The van der Waals surface area contributed by atoms with E-state index in [4.69, 9.17) is 14.6 Å². The van der Waals surface area contributed by atoms with Crippen LogP contribution in [-0.4, -0.2) is 37.2 Å². The number of nitrogens with one attached hydrogen (secondary N) is 1. The maximum atomic E-state index is 11.9. The van der Waals surface area contributed by atoms with Gasteiger partial charge < -0.3 is 19.9 Å². The maximum Gasteiger partial charge on any atom is 0.326 e. The van der Waals surface area contributed by atoms with Crippen molar-refractivity contribution in [2.24, 2.45) is 5.92 Å². The number of hydrogen-bond acceptors (Lipinski definition) is 4. The molecule has 0 aliphatic heterocycles. The number of aliphatic carboxylic acids is 1. The van der Waals surface area contributed by atoms with Gasteiger partial charge in [-0.05, 0) is 30.0 Å². The molecule has 0 saturated heterocycles. The average Bonchev–Trinajstić information content (AvgIpc) is 2.49. The predicted molar refractivity (Wildman–Crippen MR) is 82.3 cm³/mol. The van der Waals surface area contributed by atoms with E-state index in [1.807, 2.05) is 12.1 Å². The molecular formula is C16H23NO5. The lowest BCUT2D eigenvalue weighted by Crippen LogP contribution is -2.44. The number of ether oxygens (including phenoxy) is 2. The van der Waals surface area contributed by atoms with Crippen LogP contribution in [-0.2, 0) is 16.0 Å². The highest BCUT2D eigenvalue weighted by Crippen LogP contribution is 2.27. The van der Waals surface area contributed by atoms with E-state index in [1.165, 1.54) is 0 Å². The normalized spacial score (nSPS) is 11.9. The second kappa shape index (κ2) is 8.26. The Hall–Kier alpha value is -2.24. The van der Waals surface area contributed by atoms with Crippen molar-refractivity contribution in [3.8, 4) is 11.5 Å². The Morgan fingerprint density at radius 2 is 1.82 bits per heavy atom. The molecule has 2 N–H and O–H groups in total. The van der Waals surface area contributed by atoms with Crippen molar-refractivity contribution < 1.29 is 24.2 Å². The summed E-state index contributed by atoms with van der Waals surface area (Å²) in [6.07, 6.45) is 0.711. The Balaban J connectivity index is 2.62. The second-order valence-corrected chi connectivity index (χ2v) is 5.32. The molecule has 0 fully saturated rings. The molecule has 0 heterocycles. The van der Waals surface area contributed by atoms with Gasteiger partial charge in [-0.2, -0.15) is 0 Å². The van der Waals surface area contributed by atoms with Gasteiger partial charge in [0.05, 0.1) is 14.2 Å². The van der Waals surface area contributed by atoms with Crippen LogP contribution in [0.1, 0.15) is 25.8 Å². The summed E-state index contributed by atoms with van der Waals surface area (Å²) < 4.78 is 10.4. The molecule has 0 spiro atoms. The summed E-state index contributed by atoms with van der Waals surface area (Å²) in [6.45, 7) is 3.51. The molecule has 1 atom stereocenters. The van der Waals surface area contributed by atoms with Crippen LogP contribution < -0.4 is 14.8 Å². The number of amides is 1. The zero-order valence-electron chi connectivity index (χ0n) is 13.4. The Bertz CT molecular complexity index is 527. The first-order valence-electron chi connectivity index (χ1n) is 7.12. The molecule has 1 amide bonds. The Kier molecular flexibility index (Phi) is 6.69. The van der Waals surface area contributed by atoms with E-state index in [0.29, 0.717) is 17.9 Å². The lowest BCUT2D eigenvalue weighted by atomic mass is 10.0. The van der Waals surface area contributed by atoms with E-state index in [0.717, 1.165) is 5.56 Å². The highest BCUT2D eigenvalue weighted by atomic mass is 16.5. The van der Waals surface area contributed by atoms with E-state index < -0.39 is 12.0 Å². The lowest BCUT2D eigenvalue weighted by molar-refractivity contribution is -0.143. The van der Waals surface area contributed by atoms with Crippen molar-refractivity contribution >= 4 is 11.9 Å². The third kappa shape index (κ3) is 4.95. The summed E-state index contributed by atoms with van der Waals surface area (Å²) in [4.78, 5) is 22.9. The lowest BCUT2D eigenvalue weighted by Gasteiger charge is -2.17. The van der Waals surface area contributed by atoms with E-state index in [2.05, 4.69) is 5.32 Å². The zero-order valence-corrected chi connectivity index (χ0v) is 13.4. The molecule has 0 saturated carbocycles. The number of carbonyl (C=O) groups is 2. The Morgan fingerprint density at radius 3 is 2.32 bits per heavy atom. The number of methoxy groups -OCH3 is 2. The average molecular weight is 309 g/mol. The maximum absolute atomic E-state index is 11.9. The third-order valence-electron chi connectivity index (χ3n) is 3.34. The van der Waals surface area contributed by atoms with Gasteiger partial charge in [0.2, 0.25) is 5.91 Å². The van der Waals surface area contributed by atoms with E-state index >= 15 is 0 Å². The minimum atomic E-state index is -1.02. The molecular weight excluding hydrogens is 286 g/mol. The molecule has 1 aromatic rings. The predicted octanol–water partition coefficient (Wildman–Crippen LogP) is 1.86. The number of carboxylic acids is 1. The fourth-order valence-corrected chi connectivity index (χ4v) is 2.05. The first-order valence-corrected chi connectivity index (χ1v) is 7.12. The molecule has 0 aliphatic carbocycles. The van der Waals surface area contributed by atoms with Crippen LogP contribution in [0.4, 0.5) is 0 Å². The Morgan fingerprint density at radius 1 is 1.18 bits per heavy atom. The van der Waals surface area contributed by atoms with Crippen molar-refractivity contribution in [3.63, 3.8) is 0 Å². The summed E-state index contributed by atoms with van der Waals surface area (Å²) in [7, 11) is 3.11. The van der Waals surface area contributed by atoms with Gasteiger partial charge in [0.1, 0.15) is 6.04 Å².